The van der Waals surface area contributed by atoms with Crippen molar-refractivity contribution in [1.82, 2.24) is 0 Å². The molecule has 0 bridgehead atoms. The maximum Gasteiger partial charge on any atom is 0.306 e. The number of nitrogen functional groups attached to an aromatic ring is 1. The SMILES string of the molecule is CCCCC(CC)COC(=O)CCSc1ccc(C(C)=O)cc1N. The Bertz CT molecular complexity index is 545. The fourth-order valence-electron chi connectivity index (χ4n) is 2.32. The Labute approximate surface area is 149 Å². The minimum Gasteiger partial charge on any atom is -0.465 e. The van der Waals surface area contributed by atoms with Crippen LogP contribution < -0.4 is 5.73 Å². The van der Waals surface area contributed by atoms with Crippen LogP contribution in [-0.4, -0.2) is 24.1 Å². The van der Waals surface area contributed by atoms with Gasteiger partial charge in [-0.3, -0.25) is 9.59 Å². The zero-order valence-electron chi connectivity index (χ0n) is 15.0. The van der Waals surface area contributed by atoms with Crippen molar-refractivity contribution in [3.63, 3.8) is 0 Å². The minimum absolute atomic E-state index is 0.00428. The summed E-state index contributed by atoms with van der Waals surface area (Å²) in [4.78, 5) is 24.0. The molecule has 0 saturated carbocycles. The number of rotatable bonds is 11. The van der Waals surface area contributed by atoms with Crippen LogP contribution in [0, 0.1) is 5.92 Å². The lowest BCUT2D eigenvalue weighted by Gasteiger charge is -2.14. The lowest BCUT2D eigenvalue weighted by molar-refractivity contribution is -0.144. The highest BCUT2D eigenvalue weighted by atomic mass is 32.2. The highest BCUT2D eigenvalue weighted by Gasteiger charge is 2.11. The van der Waals surface area contributed by atoms with Gasteiger partial charge < -0.3 is 10.5 Å². The predicted molar refractivity (Wildman–Crippen MR) is 100 cm³/mol. The smallest absolute Gasteiger partial charge is 0.306 e. The first-order valence-electron chi connectivity index (χ1n) is 8.66. The van der Waals surface area contributed by atoms with Gasteiger partial charge in [-0.25, -0.2) is 0 Å². The van der Waals surface area contributed by atoms with E-state index >= 15 is 0 Å². The van der Waals surface area contributed by atoms with Crippen LogP contribution in [0.25, 0.3) is 0 Å². The topological polar surface area (TPSA) is 69.4 Å². The second kappa shape index (κ2) is 11.1. The van der Waals surface area contributed by atoms with E-state index in [-0.39, 0.29) is 11.8 Å². The maximum atomic E-state index is 11.8. The Morgan fingerprint density at radius 3 is 2.62 bits per heavy atom. The summed E-state index contributed by atoms with van der Waals surface area (Å²) in [7, 11) is 0. The van der Waals surface area contributed by atoms with E-state index in [1.165, 1.54) is 31.5 Å². The molecule has 0 aliphatic carbocycles. The monoisotopic (exact) mass is 351 g/mol. The third kappa shape index (κ3) is 7.39. The number of ketones is 1. The zero-order valence-corrected chi connectivity index (χ0v) is 15.8. The average Bonchev–Trinajstić information content (AvgIpc) is 2.56. The van der Waals surface area contributed by atoms with Gasteiger partial charge in [0, 0.05) is 21.9 Å². The van der Waals surface area contributed by atoms with E-state index in [0.717, 1.165) is 17.7 Å². The molecule has 24 heavy (non-hydrogen) atoms. The van der Waals surface area contributed by atoms with Crippen LogP contribution in [0.3, 0.4) is 0 Å². The number of esters is 1. The van der Waals surface area contributed by atoms with E-state index in [0.29, 0.717) is 35.9 Å². The molecule has 0 spiro atoms. The minimum atomic E-state index is -0.156. The predicted octanol–water partition coefficient (Wildman–Crippen LogP) is 4.71. The molecule has 1 aromatic rings. The Kier molecular flexibility index (Phi) is 9.53. The molecule has 2 N–H and O–H groups in total. The number of carbonyl (C=O) groups excluding carboxylic acids is 2. The molecular weight excluding hydrogens is 322 g/mol. The third-order valence-electron chi connectivity index (χ3n) is 4.00. The van der Waals surface area contributed by atoms with Crippen molar-refractivity contribution in [2.45, 2.75) is 57.8 Å². The number of hydrogen-bond acceptors (Lipinski definition) is 5. The van der Waals surface area contributed by atoms with Crippen LogP contribution in [0.4, 0.5) is 5.69 Å². The number of thioether (sulfide) groups is 1. The van der Waals surface area contributed by atoms with Gasteiger partial charge in [0.1, 0.15) is 0 Å². The second-order valence-corrected chi connectivity index (χ2v) is 7.14. The van der Waals surface area contributed by atoms with Gasteiger partial charge >= 0.3 is 5.97 Å². The van der Waals surface area contributed by atoms with Crippen LogP contribution in [0.5, 0.6) is 0 Å². The largest absolute Gasteiger partial charge is 0.465 e. The van der Waals surface area contributed by atoms with E-state index in [1.54, 1.807) is 12.1 Å². The van der Waals surface area contributed by atoms with Crippen molar-refractivity contribution in [1.29, 1.82) is 0 Å². The summed E-state index contributed by atoms with van der Waals surface area (Å²) in [6, 6.07) is 5.28. The lowest BCUT2D eigenvalue weighted by Crippen LogP contribution is -2.14. The molecule has 4 nitrogen and oxygen atoms in total. The van der Waals surface area contributed by atoms with Gasteiger partial charge in [0.2, 0.25) is 0 Å². The Balaban J connectivity index is 2.34. The van der Waals surface area contributed by atoms with Crippen LogP contribution in [-0.2, 0) is 9.53 Å². The normalized spacial score (nSPS) is 12.0. The van der Waals surface area contributed by atoms with E-state index in [9.17, 15) is 9.59 Å². The quantitative estimate of drug-likeness (QED) is 0.270. The first-order valence-corrected chi connectivity index (χ1v) is 9.65. The van der Waals surface area contributed by atoms with Crippen molar-refractivity contribution in [3.8, 4) is 0 Å². The number of hydrogen-bond donors (Lipinski definition) is 1. The summed E-state index contributed by atoms with van der Waals surface area (Å²) >= 11 is 1.51. The van der Waals surface area contributed by atoms with Gasteiger partial charge in [0.25, 0.3) is 0 Å². The van der Waals surface area contributed by atoms with E-state index < -0.39 is 0 Å². The lowest BCUT2D eigenvalue weighted by atomic mass is 10.0. The summed E-state index contributed by atoms with van der Waals surface area (Å²) < 4.78 is 5.38. The summed E-state index contributed by atoms with van der Waals surface area (Å²) in [6.45, 7) is 6.35. The van der Waals surface area contributed by atoms with E-state index in [4.69, 9.17) is 10.5 Å². The Hall–Kier alpha value is -1.49. The molecule has 0 aliphatic heterocycles. The fraction of sp³-hybridized carbons (Fsp3) is 0.579. The summed E-state index contributed by atoms with van der Waals surface area (Å²) in [6.07, 6.45) is 4.88. The molecule has 5 heteroatoms. The molecule has 0 aliphatic rings. The molecule has 1 aromatic carbocycles. The van der Waals surface area contributed by atoms with E-state index in [1.807, 2.05) is 6.07 Å². The Morgan fingerprint density at radius 1 is 1.29 bits per heavy atom. The molecule has 1 atom stereocenters. The molecule has 0 amide bonds. The molecule has 0 heterocycles. The van der Waals surface area contributed by atoms with Crippen LogP contribution in [0.1, 0.15) is 63.2 Å². The first-order chi connectivity index (χ1) is 11.5. The Morgan fingerprint density at radius 2 is 2.04 bits per heavy atom. The molecule has 0 aromatic heterocycles. The van der Waals surface area contributed by atoms with Crippen molar-refractivity contribution >= 4 is 29.2 Å². The average molecular weight is 352 g/mol. The molecular formula is C19H29NO3S. The number of nitrogens with two attached hydrogens (primary N) is 1. The molecule has 1 unspecified atom stereocenters. The number of anilines is 1. The molecule has 0 fully saturated rings. The number of unbranched alkanes of at least 4 members (excludes halogenated alkanes) is 1. The number of benzene rings is 1. The highest BCUT2D eigenvalue weighted by molar-refractivity contribution is 7.99. The molecule has 0 radical (unpaired) electrons. The van der Waals surface area contributed by atoms with Crippen molar-refractivity contribution in [2.24, 2.45) is 5.92 Å². The van der Waals surface area contributed by atoms with Crippen molar-refractivity contribution in [3.05, 3.63) is 23.8 Å². The molecule has 0 saturated heterocycles. The van der Waals surface area contributed by atoms with Gasteiger partial charge in [0.15, 0.2) is 5.78 Å². The van der Waals surface area contributed by atoms with Gasteiger partial charge in [-0.1, -0.05) is 39.2 Å². The van der Waals surface area contributed by atoms with Crippen molar-refractivity contribution < 1.29 is 14.3 Å². The van der Waals surface area contributed by atoms with E-state index in [2.05, 4.69) is 13.8 Å². The maximum absolute atomic E-state index is 11.8. The van der Waals surface area contributed by atoms with Gasteiger partial charge in [-0.15, -0.1) is 11.8 Å². The second-order valence-electron chi connectivity index (χ2n) is 6.01. The molecule has 134 valence electrons. The summed E-state index contributed by atoms with van der Waals surface area (Å²) in [5, 5.41) is 0. The molecule has 1 rings (SSSR count). The van der Waals surface area contributed by atoms with Gasteiger partial charge in [-0.2, -0.15) is 0 Å². The third-order valence-corrected chi connectivity index (χ3v) is 5.09. The number of Topliss-reactive ketones (excluding diaryl/α,β-unsaturated/α-hetero) is 1. The van der Waals surface area contributed by atoms with Crippen LogP contribution in [0.2, 0.25) is 0 Å². The van der Waals surface area contributed by atoms with Crippen LogP contribution in [0.15, 0.2) is 23.1 Å². The number of carbonyl (C=O) groups is 2. The summed E-state index contributed by atoms with van der Waals surface area (Å²) in [5.74, 6) is 0.928. The highest BCUT2D eigenvalue weighted by Crippen LogP contribution is 2.26. The standard InChI is InChI=1S/C19H29NO3S/c1-4-6-7-15(5-2)13-23-19(22)10-11-24-18-9-8-16(14(3)21)12-17(18)20/h8-9,12,15H,4-7,10-11,13,20H2,1-3H3. The van der Waals surface area contributed by atoms with Gasteiger partial charge in [-0.05, 0) is 31.4 Å². The van der Waals surface area contributed by atoms with Gasteiger partial charge in [0.05, 0.1) is 13.0 Å². The summed E-state index contributed by atoms with van der Waals surface area (Å²) in [5.41, 5.74) is 7.13. The van der Waals surface area contributed by atoms with Crippen molar-refractivity contribution in [2.75, 3.05) is 18.1 Å². The fourth-order valence-corrected chi connectivity index (χ4v) is 3.20. The number of ether oxygens (including phenoxy) is 1. The zero-order chi connectivity index (χ0) is 17.9. The van der Waals surface area contributed by atoms with Crippen LogP contribution >= 0.6 is 11.8 Å². The first kappa shape index (κ1) is 20.6.